The minimum atomic E-state index is -1.05. The molecule has 0 saturated carbocycles. The molecule has 3 N–H and O–H groups in total. The first-order valence-electron chi connectivity index (χ1n) is 6.56. The van der Waals surface area contributed by atoms with E-state index in [1.807, 2.05) is 24.3 Å². The number of carboxylic acid groups (broad SMARTS) is 1. The monoisotopic (exact) mass is 302 g/mol. The summed E-state index contributed by atoms with van der Waals surface area (Å²) in [6.07, 6.45) is 0.568. The Morgan fingerprint density at radius 2 is 2.10 bits per heavy atom. The topological polar surface area (TPSA) is 78.4 Å². The van der Waals surface area contributed by atoms with Gasteiger partial charge >= 0.3 is 5.97 Å². The summed E-state index contributed by atoms with van der Waals surface area (Å²) in [5.74, 6) is -1.35. The highest BCUT2D eigenvalue weighted by molar-refractivity contribution is 7.10. The van der Waals surface area contributed by atoms with Gasteiger partial charge in [0.2, 0.25) is 5.91 Å². The molecule has 1 amide bonds. The van der Waals surface area contributed by atoms with Gasteiger partial charge in [-0.25, -0.2) is 4.79 Å². The second-order valence-electron chi connectivity index (χ2n) is 4.85. The molecule has 0 aliphatic carbocycles. The molecule has 1 aliphatic rings. The molecule has 0 fully saturated rings. The molecule has 6 heteroatoms. The molecule has 3 rings (SSSR count). The molecule has 1 aliphatic heterocycles. The molecule has 0 bridgehead atoms. The first-order chi connectivity index (χ1) is 10.1. The van der Waals surface area contributed by atoms with Crippen molar-refractivity contribution in [2.45, 2.75) is 18.5 Å². The molecule has 1 aromatic heterocycles. The summed E-state index contributed by atoms with van der Waals surface area (Å²) in [5, 5.41) is 16.8. The van der Waals surface area contributed by atoms with Crippen molar-refractivity contribution in [1.82, 2.24) is 5.32 Å². The molecule has 2 heterocycles. The van der Waals surface area contributed by atoms with Crippen LogP contribution in [0.25, 0.3) is 0 Å². The van der Waals surface area contributed by atoms with Crippen molar-refractivity contribution in [1.29, 1.82) is 0 Å². The average molecular weight is 302 g/mol. The number of amides is 1. The Bertz CT molecular complexity index is 644. The third-order valence-electron chi connectivity index (χ3n) is 3.45. The number of hydrogen-bond donors (Lipinski definition) is 3. The van der Waals surface area contributed by atoms with Gasteiger partial charge in [0.1, 0.15) is 6.04 Å². The largest absolute Gasteiger partial charge is 0.479 e. The van der Waals surface area contributed by atoms with Crippen molar-refractivity contribution in [2.75, 3.05) is 5.32 Å². The Morgan fingerprint density at radius 1 is 1.29 bits per heavy atom. The van der Waals surface area contributed by atoms with Crippen LogP contribution in [-0.4, -0.2) is 23.0 Å². The SMILES string of the molecule is O=C(NC(C(=O)O)c1cccs1)C1Cc2ccccc2N1. The Hall–Kier alpha value is -2.34. The number of thiophene rings is 1. The summed E-state index contributed by atoms with van der Waals surface area (Å²) >= 11 is 1.32. The van der Waals surface area contributed by atoms with Crippen molar-refractivity contribution in [3.05, 3.63) is 52.2 Å². The van der Waals surface area contributed by atoms with Gasteiger partial charge in [0.15, 0.2) is 6.04 Å². The number of benzene rings is 1. The number of carbonyl (C=O) groups is 2. The quantitative estimate of drug-likeness (QED) is 0.807. The number of anilines is 1. The Morgan fingerprint density at radius 3 is 2.76 bits per heavy atom. The first kappa shape index (κ1) is 13.6. The summed E-state index contributed by atoms with van der Waals surface area (Å²) in [4.78, 5) is 24.2. The lowest BCUT2D eigenvalue weighted by Crippen LogP contribution is -2.42. The number of para-hydroxylation sites is 1. The van der Waals surface area contributed by atoms with Gasteiger partial charge in [0, 0.05) is 17.0 Å². The van der Waals surface area contributed by atoms with Crippen molar-refractivity contribution in [3.63, 3.8) is 0 Å². The molecule has 108 valence electrons. The minimum Gasteiger partial charge on any atom is -0.479 e. The number of carbonyl (C=O) groups excluding carboxylic acids is 1. The van der Waals surface area contributed by atoms with Gasteiger partial charge in [-0.3, -0.25) is 4.79 Å². The third kappa shape index (κ3) is 2.75. The summed E-state index contributed by atoms with van der Waals surface area (Å²) in [7, 11) is 0. The summed E-state index contributed by atoms with van der Waals surface area (Å²) in [6.45, 7) is 0. The highest BCUT2D eigenvalue weighted by Gasteiger charge is 2.30. The van der Waals surface area contributed by atoms with Crippen LogP contribution in [0.15, 0.2) is 41.8 Å². The molecule has 5 nitrogen and oxygen atoms in total. The van der Waals surface area contributed by atoms with E-state index in [1.165, 1.54) is 11.3 Å². The molecular formula is C15H14N2O3S. The van der Waals surface area contributed by atoms with Crippen molar-refractivity contribution in [3.8, 4) is 0 Å². The second-order valence-corrected chi connectivity index (χ2v) is 5.83. The van der Waals surface area contributed by atoms with Gasteiger partial charge in [-0.1, -0.05) is 24.3 Å². The number of fused-ring (bicyclic) bond motifs is 1. The molecule has 2 unspecified atom stereocenters. The zero-order valence-corrected chi connectivity index (χ0v) is 11.9. The molecule has 0 saturated heterocycles. The van der Waals surface area contributed by atoms with Crippen LogP contribution < -0.4 is 10.6 Å². The fourth-order valence-electron chi connectivity index (χ4n) is 2.41. The van der Waals surface area contributed by atoms with E-state index in [9.17, 15) is 14.7 Å². The van der Waals surface area contributed by atoms with Crippen LogP contribution in [-0.2, 0) is 16.0 Å². The van der Waals surface area contributed by atoms with Crippen LogP contribution in [0, 0.1) is 0 Å². The number of nitrogens with one attached hydrogen (secondary N) is 2. The number of rotatable bonds is 4. The summed E-state index contributed by atoms with van der Waals surface area (Å²) < 4.78 is 0. The van der Waals surface area contributed by atoms with Crippen molar-refractivity contribution < 1.29 is 14.7 Å². The highest BCUT2D eigenvalue weighted by atomic mass is 32.1. The zero-order chi connectivity index (χ0) is 14.8. The molecular weight excluding hydrogens is 288 g/mol. The van der Waals surface area contributed by atoms with Gasteiger partial charge in [-0.2, -0.15) is 0 Å². The molecule has 2 atom stereocenters. The van der Waals surface area contributed by atoms with E-state index in [-0.39, 0.29) is 5.91 Å². The summed E-state index contributed by atoms with van der Waals surface area (Å²) in [5.41, 5.74) is 2.00. The predicted octanol–water partition coefficient (Wildman–Crippen LogP) is 2.03. The van der Waals surface area contributed by atoms with Crippen LogP contribution in [0.1, 0.15) is 16.5 Å². The number of carboxylic acids is 1. The lowest BCUT2D eigenvalue weighted by Gasteiger charge is -2.17. The van der Waals surface area contributed by atoms with Gasteiger partial charge in [-0.05, 0) is 23.1 Å². The van der Waals surface area contributed by atoms with E-state index >= 15 is 0 Å². The Kier molecular flexibility index (Phi) is 3.62. The minimum absolute atomic E-state index is 0.299. The second kappa shape index (κ2) is 5.57. The van der Waals surface area contributed by atoms with Gasteiger partial charge < -0.3 is 15.7 Å². The number of hydrogen-bond acceptors (Lipinski definition) is 4. The lowest BCUT2D eigenvalue weighted by atomic mass is 10.1. The molecule has 0 spiro atoms. The molecule has 1 aromatic carbocycles. The van der Waals surface area contributed by atoms with E-state index in [1.54, 1.807) is 17.5 Å². The van der Waals surface area contributed by atoms with E-state index < -0.39 is 18.1 Å². The molecule has 0 radical (unpaired) electrons. The maximum atomic E-state index is 12.3. The fourth-order valence-corrected chi connectivity index (χ4v) is 3.18. The standard InChI is InChI=1S/C15H14N2O3S/c18-14(11-8-9-4-1-2-5-10(9)16-11)17-13(15(19)20)12-6-3-7-21-12/h1-7,11,13,16H,8H2,(H,17,18)(H,19,20). The van der Waals surface area contributed by atoms with Gasteiger partial charge in [0.25, 0.3) is 0 Å². The smallest absolute Gasteiger partial charge is 0.331 e. The maximum Gasteiger partial charge on any atom is 0.331 e. The van der Waals surface area contributed by atoms with Crippen LogP contribution in [0.3, 0.4) is 0 Å². The first-order valence-corrected chi connectivity index (χ1v) is 7.44. The zero-order valence-electron chi connectivity index (χ0n) is 11.1. The van der Waals surface area contributed by atoms with Crippen molar-refractivity contribution >= 4 is 28.9 Å². The Balaban J connectivity index is 1.71. The van der Waals surface area contributed by atoms with E-state index in [0.29, 0.717) is 11.3 Å². The predicted molar refractivity (Wildman–Crippen MR) is 80.4 cm³/mol. The average Bonchev–Trinajstić information content (AvgIpc) is 3.12. The van der Waals surface area contributed by atoms with E-state index in [4.69, 9.17) is 0 Å². The Labute approximate surface area is 125 Å². The molecule has 21 heavy (non-hydrogen) atoms. The maximum absolute atomic E-state index is 12.3. The van der Waals surface area contributed by atoms with Crippen LogP contribution in [0.2, 0.25) is 0 Å². The van der Waals surface area contributed by atoms with Crippen LogP contribution >= 0.6 is 11.3 Å². The van der Waals surface area contributed by atoms with Crippen LogP contribution in [0.4, 0.5) is 5.69 Å². The fraction of sp³-hybridized carbons (Fsp3) is 0.200. The van der Waals surface area contributed by atoms with E-state index in [2.05, 4.69) is 10.6 Å². The molecule has 2 aromatic rings. The normalized spacial score (nSPS) is 17.6. The third-order valence-corrected chi connectivity index (χ3v) is 4.39. The number of aliphatic carboxylic acids is 1. The van der Waals surface area contributed by atoms with Gasteiger partial charge in [-0.15, -0.1) is 11.3 Å². The van der Waals surface area contributed by atoms with E-state index in [0.717, 1.165) is 11.3 Å². The lowest BCUT2D eigenvalue weighted by molar-refractivity contribution is -0.142. The van der Waals surface area contributed by atoms with Gasteiger partial charge in [0.05, 0.1) is 0 Å². The summed E-state index contributed by atoms with van der Waals surface area (Å²) in [6, 6.07) is 9.75. The van der Waals surface area contributed by atoms with Crippen molar-refractivity contribution in [2.24, 2.45) is 0 Å². The van der Waals surface area contributed by atoms with Crippen LogP contribution in [0.5, 0.6) is 0 Å². The highest BCUT2D eigenvalue weighted by Crippen LogP contribution is 2.26.